The van der Waals surface area contributed by atoms with Crippen LogP contribution < -0.4 is 5.43 Å². The fraction of sp³-hybridized carbons (Fsp3) is 0.562. The Kier molecular flexibility index (Phi) is 2.94. The summed E-state index contributed by atoms with van der Waals surface area (Å²) in [5.74, 6) is 3.20. The molecule has 5 heteroatoms. The predicted molar refractivity (Wildman–Crippen MR) is 81.2 cm³/mol. The third-order valence-electron chi connectivity index (χ3n) is 5.62. The van der Waals surface area contributed by atoms with Gasteiger partial charge in [-0.05, 0) is 49.5 Å². The Hall–Kier alpha value is -1.91. The molecule has 110 valence electrons. The molecule has 0 heterocycles. The fourth-order valence-electron chi connectivity index (χ4n) is 4.80. The van der Waals surface area contributed by atoms with Crippen LogP contribution in [-0.4, -0.2) is 10.6 Å². The van der Waals surface area contributed by atoms with Crippen molar-refractivity contribution >= 4 is 17.1 Å². The lowest BCUT2D eigenvalue weighted by molar-refractivity contribution is -0.384. The van der Waals surface area contributed by atoms with Gasteiger partial charge in [0.25, 0.3) is 5.69 Å². The summed E-state index contributed by atoms with van der Waals surface area (Å²) in [6, 6.07) is 6.70. The number of para-hydroxylation sites is 2. The molecule has 2 bridgehead atoms. The lowest BCUT2D eigenvalue weighted by Crippen LogP contribution is -2.25. The number of fused-ring (bicyclic) bond motifs is 5. The molecule has 0 saturated heterocycles. The zero-order valence-electron chi connectivity index (χ0n) is 11.9. The number of hydrogen-bond donors (Lipinski definition) is 1. The first-order valence-electron chi connectivity index (χ1n) is 7.80. The van der Waals surface area contributed by atoms with Gasteiger partial charge in [0.05, 0.1) is 4.92 Å². The van der Waals surface area contributed by atoms with Gasteiger partial charge in [-0.3, -0.25) is 15.5 Å². The van der Waals surface area contributed by atoms with Crippen molar-refractivity contribution in [3.8, 4) is 0 Å². The first-order valence-corrected chi connectivity index (χ1v) is 7.80. The lowest BCUT2D eigenvalue weighted by atomic mass is 9.81. The molecule has 3 aliphatic carbocycles. The minimum Gasteiger partial charge on any atom is -0.272 e. The van der Waals surface area contributed by atoms with E-state index < -0.39 is 0 Å². The number of nitro groups is 1. The Labute approximate surface area is 123 Å². The maximum Gasteiger partial charge on any atom is 0.294 e. The highest BCUT2D eigenvalue weighted by atomic mass is 16.6. The number of anilines is 1. The number of hydrazone groups is 1. The fourth-order valence-corrected chi connectivity index (χ4v) is 4.80. The topological polar surface area (TPSA) is 67.5 Å². The molecule has 4 rings (SSSR count). The summed E-state index contributed by atoms with van der Waals surface area (Å²) in [6.07, 6.45) is 6.48. The van der Waals surface area contributed by atoms with E-state index >= 15 is 0 Å². The number of nitrogens with one attached hydrogen (secondary N) is 1. The second kappa shape index (κ2) is 4.83. The number of rotatable bonds is 3. The van der Waals surface area contributed by atoms with E-state index in [4.69, 9.17) is 0 Å². The van der Waals surface area contributed by atoms with Gasteiger partial charge >= 0.3 is 0 Å². The van der Waals surface area contributed by atoms with Crippen molar-refractivity contribution in [2.24, 2.45) is 28.8 Å². The first kappa shape index (κ1) is 12.8. The minimum atomic E-state index is -0.365. The predicted octanol–water partition coefficient (Wildman–Crippen LogP) is 3.82. The molecular formula is C16H19N3O2. The summed E-state index contributed by atoms with van der Waals surface area (Å²) in [6.45, 7) is 0. The van der Waals surface area contributed by atoms with Crippen LogP contribution in [0.2, 0.25) is 0 Å². The molecule has 4 atom stereocenters. The van der Waals surface area contributed by atoms with Gasteiger partial charge < -0.3 is 0 Å². The molecule has 0 aliphatic heterocycles. The zero-order valence-corrected chi connectivity index (χ0v) is 11.9. The molecule has 5 nitrogen and oxygen atoms in total. The Morgan fingerprint density at radius 3 is 2.90 bits per heavy atom. The minimum absolute atomic E-state index is 0.0868. The van der Waals surface area contributed by atoms with E-state index in [1.165, 1.54) is 37.5 Å². The SMILES string of the molecule is O=[N+]([O-])c1ccccc1N/N=C1\CC2CC1C1CCCC21. The van der Waals surface area contributed by atoms with Gasteiger partial charge in [0.2, 0.25) is 0 Å². The summed E-state index contributed by atoms with van der Waals surface area (Å²) < 4.78 is 0. The summed E-state index contributed by atoms with van der Waals surface area (Å²) in [5, 5.41) is 15.6. The molecule has 3 saturated carbocycles. The van der Waals surface area contributed by atoms with Gasteiger partial charge in [0, 0.05) is 17.7 Å². The van der Waals surface area contributed by atoms with Crippen molar-refractivity contribution in [2.45, 2.75) is 32.1 Å². The van der Waals surface area contributed by atoms with Crippen LogP contribution in [0.5, 0.6) is 0 Å². The first-order chi connectivity index (χ1) is 10.2. The van der Waals surface area contributed by atoms with Crippen LogP contribution in [0.1, 0.15) is 32.1 Å². The average molecular weight is 285 g/mol. The molecule has 3 aliphatic rings. The van der Waals surface area contributed by atoms with E-state index in [0.29, 0.717) is 11.6 Å². The maximum atomic E-state index is 11.0. The molecule has 0 radical (unpaired) electrons. The number of nitro benzene ring substituents is 1. The Morgan fingerprint density at radius 1 is 1.24 bits per heavy atom. The van der Waals surface area contributed by atoms with E-state index in [0.717, 1.165) is 24.2 Å². The zero-order chi connectivity index (χ0) is 14.4. The summed E-state index contributed by atoms with van der Waals surface area (Å²) in [4.78, 5) is 10.6. The normalized spacial score (nSPS) is 35.1. The van der Waals surface area contributed by atoms with Gasteiger partial charge in [-0.15, -0.1) is 0 Å². The van der Waals surface area contributed by atoms with Gasteiger partial charge in [-0.2, -0.15) is 5.10 Å². The van der Waals surface area contributed by atoms with Crippen molar-refractivity contribution in [1.29, 1.82) is 0 Å². The molecular weight excluding hydrogens is 266 g/mol. The second-order valence-electron chi connectivity index (χ2n) is 6.55. The van der Waals surface area contributed by atoms with Crippen LogP contribution >= 0.6 is 0 Å². The summed E-state index contributed by atoms with van der Waals surface area (Å²) >= 11 is 0. The molecule has 0 aromatic heterocycles. The van der Waals surface area contributed by atoms with Crippen LogP contribution in [0.4, 0.5) is 11.4 Å². The lowest BCUT2D eigenvalue weighted by Gasteiger charge is -2.25. The van der Waals surface area contributed by atoms with Gasteiger partial charge in [0.1, 0.15) is 5.69 Å². The molecule has 1 N–H and O–H groups in total. The molecule has 3 fully saturated rings. The largest absolute Gasteiger partial charge is 0.294 e. The number of benzene rings is 1. The van der Waals surface area contributed by atoms with Crippen molar-refractivity contribution in [1.82, 2.24) is 0 Å². The highest BCUT2D eigenvalue weighted by molar-refractivity contribution is 5.91. The van der Waals surface area contributed by atoms with E-state index in [1.807, 2.05) is 0 Å². The Balaban J connectivity index is 1.54. The maximum absolute atomic E-state index is 11.0. The molecule has 4 unspecified atom stereocenters. The Bertz CT molecular complexity index is 613. The van der Waals surface area contributed by atoms with Crippen molar-refractivity contribution in [2.75, 3.05) is 5.43 Å². The third-order valence-corrected chi connectivity index (χ3v) is 5.62. The van der Waals surface area contributed by atoms with Crippen molar-refractivity contribution < 1.29 is 4.92 Å². The number of hydrogen-bond acceptors (Lipinski definition) is 4. The smallest absolute Gasteiger partial charge is 0.272 e. The van der Waals surface area contributed by atoms with Gasteiger partial charge in [-0.1, -0.05) is 18.6 Å². The molecule has 21 heavy (non-hydrogen) atoms. The quantitative estimate of drug-likeness (QED) is 0.678. The van der Waals surface area contributed by atoms with Crippen molar-refractivity contribution in [3.63, 3.8) is 0 Å². The third kappa shape index (κ3) is 2.03. The van der Waals surface area contributed by atoms with Crippen LogP contribution in [0.25, 0.3) is 0 Å². The highest BCUT2D eigenvalue weighted by Gasteiger charge is 2.52. The second-order valence-corrected chi connectivity index (χ2v) is 6.55. The van der Waals surface area contributed by atoms with Crippen LogP contribution in [0, 0.1) is 33.8 Å². The van der Waals surface area contributed by atoms with Crippen LogP contribution in [-0.2, 0) is 0 Å². The Morgan fingerprint density at radius 2 is 2.05 bits per heavy atom. The van der Waals surface area contributed by atoms with E-state index in [9.17, 15) is 10.1 Å². The van der Waals surface area contributed by atoms with Gasteiger partial charge in [0.15, 0.2) is 0 Å². The number of nitrogens with zero attached hydrogens (tertiary/aromatic N) is 2. The van der Waals surface area contributed by atoms with Crippen LogP contribution in [0.15, 0.2) is 29.4 Å². The highest BCUT2D eigenvalue weighted by Crippen LogP contribution is 2.57. The van der Waals surface area contributed by atoms with Crippen LogP contribution in [0.3, 0.4) is 0 Å². The van der Waals surface area contributed by atoms with Gasteiger partial charge in [-0.25, -0.2) is 0 Å². The van der Waals surface area contributed by atoms with E-state index in [2.05, 4.69) is 10.5 Å². The monoisotopic (exact) mass is 285 g/mol. The standard InChI is InChI=1S/C16H19N3O2/c20-19(21)16-7-2-1-6-14(16)17-18-15-9-10-8-13(15)12-5-3-4-11(10)12/h1-2,6-7,10-13,17H,3-5,8-9H2/b18-15+. The van der Waals surface area contributed by atoms with Crippen molar-refractivity contribution in [3.05, 3.63) is 34.4 Å². The summed E-state index contributed by atoms with van der Waals surface area (Å²) in [5.41, 5.74) is 4.76. The average Bonchev–Trinajstić information content (AvgIpc) is 3.17. The molecule has 1 aromatic carbocycles. The van der Waals surface area contributed by atoms with E-state index in [1.54, 1.807) is 18.2 Å². The molecule has 0 spiro atoms. The summed E-state index contributed by atoms with van der Waals surface area (Å²) in [7, 11) is 0. The van der Waals surface area contributed by atoms with E-state index in [-0.39, 0.29) is 10.6 Å². The molecule has 1 aromatic rings. The molecule has 0 amide bonds.